The Labute approximate surface area is 112 Å². The maximum absolute atomic E-state index is 5.21. The molecule has 1 rings (SSSR count). The second kappa shape index (κ2) is 7.55. The fourth-order valence-electron chi connectivity index (χ4n) is 2.60. The van der Waals surface area contributed by atoms with Gasteiger partial charge in [-0.25, -0.2) is 0 Å². The molecule has 0 aliphatic rings. The third-order valence-corrected chi connectivity index (χ3v) is 3.62. The maximum atomic E-state index is 5.21. The van der Waals surface area contributed by atoms with E-state index in [9.17, 15) is 0 Å². The number of hydrogen-bond donors (Lipinski definition) is 1. The van der Waals surface area contributed by atoms with Gasteiger partial charge in [0, 0.05) is 19.8 Å². The van der Waals surface area contributed by atoms with Crippen molar-refractivity contribution in [1.82, 2.24) is 5.32 Å². The van der Waals surface area contributed by atoms with Crippen molar-refractivity contribution >= 4 is 0 Å². The van der Waals surface area contributed by atoms with Crippen LogP contribution in [0, 0.1) is 19.8 Å². The topological polar surface area (TPSA) is 21.3 Å². The molecule has 1 aromatic rings. The van der Waals surface area contributed by atoms with E-state index >= 15 is 0 Å². The van der Waals surface area contributed by atoms with Crippen LogP contribution in [-0.2, 0) is 4.74 Å². The Kier molecular flexibility index (Phi) is 6.37. The van der Waals surface area contributed by atoms with Gasteiger partial charge in [0.25, 0.3) is 0 Å². The molecule has 0 radical (unpaired) electrons. The highest BCUT2D eigenvalue weighted by molar-refractivity contribution is 5.36. The summed E-state index contributed by atoms with van der Waals surface area (Å²) in [6.45, 7) is 10.7. The quantitative estimate of drug-likeness (QED) is 0.797. The first-order valence-corrected chi connectivity index (χ1v) is 6.90. The molecule has 0 fully saturated rings. The van der Waals surface area contributed by atoms with Crippen LogP contribution in [0.2, 0.25) is 0 Å². The number of hydrogen-bond acceptors (Lipinski definition) is 2. The smallest absolute Gasteiger partial charge is 0.0465 e. The molecule has 0 aliphatic carbocycles. The van der Waals surface area contributed by atoms with Gasteiger partial charge in [-0.1, -0.05) is 32.0 Å². The Morgan fingerprint density at radius 2 is 1.83 bits per heavy atom. The summed E-state index contributed by atoms with van der Waals surface area (Å²) in [5, 5.41) is 3.63. The fraction of sp³-hybridized carbons (Fsp3) is 0.625. The van der Waals surface area contributed by atoms with Crippen LogP contribution in [0.15, 0.2) is 18.2 Å². The van der Waals surface area contributed by atoms with Gasteiger partial charge in [0.15, 0.2) is 0 Å². The average molecular weight is 249 g/mol. The fourth-order valence-corrected chi connectivity index (χ4v) is 2.60. The lowest BCUT2D eigenvalue weighted by Crippen LogP contribution is -2.29. The van der Waals surface area contributed by atoms with Gasteiger partial charge in [-0.3, -0.25) is 0 Å². The minimum Gasteiger partial charge on any atom is -0.385 e. The molecule has 0 amide bonds. The van der Waals surface area contributed by atoms with E-state index in [2.05, 4.69) is 51.2 Å². The highest BCUT2D eigenvalue weighted by Gasteiger charge is 2.21. The van der Waals surface area contributed by atoms with Gasteiger partial charge in [-0.15, -0.1) is 0 Å². The van der Waals surface area contributed by atoms with Crippen LogP contribution in [0.25, 0.3) is 0 Å². The molecule has 0 bridgehead atoms. The van der Waals surface area contributed by atoms with Crippen molar-refractivity contribution in [3.05, 3.63) is 34.9 Å². The van der Waals surface area contributed by atoms with Crippen molar-refractivity contribution < 1.29 is 4.74 Å². The molecule has 2 atom stereocenters. The van der Waals surface area contributed by atoms with Gasteiger partial charge >= 0.3 is 0 Å². The number of methoxy groups -OCH3 is 1. The molecule has 2 unspecified atom stereocenters. The van der Waals surface area contributed by atoms with Crippen LogP contribution in [0.4, 0.5) is 0 Å². The van der Waals surface area contributed by atoms with Gasteiger partial charge < -0.3 is 10.1 Å². The Balaban J connectivity index is 2.96. The zero-order valence-corrected chi connectivity index (χ0v) is 12.4. The largest absolute Gasteiger partial charge is 0.385 e. The Hall–Kier alpha value is -0.860. The predicted octanol–water partition coefficient (Wildman–Crippen LogP) is 3.63. The van der Waals surface area contributed by atoms with E-state index in [1.54, 1.807) is 7.11 Å². The summed E-state index contributed by atoms with van der Waals surface area (Å²) in [5.74, 6) is 0.574. The standard InChI is InChI=1S/C16H27NO/c1-6-17-16(14(4)10-11-18-5)15-12(2)8-7-9-13(15)3/h7-9,14,16-17H,6,10-11H2,1-5H3. The number of aryl methyl sites for hydroxylation is 2. The summed E-state index contributed by atoms with van der Waals surface area (Å²) in [5.41, 5.74) is 4.22. The Morgan fingerprint density at radius 3 is 2.33 bits per heavy atom. The number of nitrogens with one attached hydrogen (secondary N) is 1. The van der Waals surface area contributed by atoms with E-state index in [0.29, 0.717) is 12.0 Å². The first-order valence-electron chi connectivity index (χ1n) is 6.90. The van der Waals surface area contributed by atoms with Crippen LogP contribution < -0.4 is 5.32 Å². The van der Waals surface area contributed by atoms with E-state index in [4.69, 9.17) is 4.74 Å². The third-order valence-electron chi connectivity index (χ3n) is 3.62. The molecule has 0 saturated heterocycles. The summed E-state index contributed by atoms with van der Waals surface area (Å²) in [6, 6.07) is 6.97. The average Bonchev–Trinajstić information content (AvgIpc) is 2.34. The van der Waals surface area contributed by atoms with Crippen LogP contribution in [-0.4, -0.2) is 20.3 Å². The Morgan fingerprint density at radius 1 is 1.22 bits per heavy atom. The summed E-state index contributed by atoms with van der Waals surface area (Å²) in [4.78, 5) is 0. The zero-order chi connectivity index (χ0) is 13.5. The minimum absolute atomic E-state index is 0.423. The molecule has 0 aromatic heterocycles. The summed E-state index contributed by atoms with van der Waals surface area (Å²) >= 11 is 0. The SMILES string of the molecule is CCNC(c1c(C)cccc1C)C(C)CCOC. The van der Waals surface area contributed by atoms with E-state index in [1.165, 1.54) is 16.7 Å². The third kappa shape index (κ3) is 3.82. The van der Waals surface area contributed by atoms with E-state index in [-0.39, 0.29) is 0 Å². The second-order valence-electron chi connectivity index (χ2n) is 5.10. The van der Waals surface area contributed by atoms with Crippen molar-refractivity contribution in [2.75, 3.05) is 20.3 Å². The van der Waals surface area contributed by atoms with Gasteiger partial charge in [0.05, 0.1) is 0 Å². The van der Waals surface area contributed by atoms with Crippen molar-refractivity contribution in [2.24, 2.45) is 5.92 Å². The first-order chi connectivity index (χ1) is 8.61. The van der Waals surface area contributed by atoms with Crippen molar-refractivity contribution in [3.8, 4) is 0 Å². The van der Waals surface area contributed by atoms with Gasteiger partial charge in [0.1, 0.15) is 0 Å². The molecule has 102 valence electrons. The van der Waals surface area contributed by atoms with Crippen LogP contribution in [0.1, 0.15) is 43.0 Å². The molecule has 2 heteroatoms. The number of rotatable bonds is 7. The lowest BCUT2D eigenvalue weighted by atomic mass is 9.87. The zero-order valence-electron chi connectivity index (χ0n) is 12.4. The molecular weight excluding hydrogens is 222 g/mol. The summed E-state index contributed by atoms with van der Waals surface area (Å²) in [6.07, 6.45) is 1.09. The molecule has 2 nitrogen and oxygen atoms in total. The number of benzene rings is 1. The van der Waals surface area contributed by atoms with Crippen LogP contribution in [0.5, 0.6) is 0 Å². The lowest BCUT2D eigenvalue weighted by molar-refractivity contribution is 0.170. The summed E-state index contributed by atoms with van der Waals surface area (Å²) < 4.78 is 5.21. The van der Waals surface area contributed by atoms with Crippen LogP contribution >= 0.6 is 0 Å². The highest BCUT2D eigenvalue weighted by Crippen LogP contribution is 2.29. The van der Waals surface area contributed by atoms with E-state index < -0.39 is 0 Å². The second-order valence-corrected chi connectivity index (χ2v) is 5.10. The number of ether oxygens (including phenoxy) is 1. The lowest BCUT2D eigenvalue weighted by Gasteiger charge is -2.28. The van der Waals surface area contributed by atoms with Gasteiger partial charge in [-0.2, -0.15) is 0 Å². The predicted molar refractivity (Wildman–Crippen MR) is 78.0 cm³/mol. The van der Waals surface area contributed by atoms with Crippen LogP contribution in [0.3, 0.4) is 0 Å². The van der Waals surface area contributed by atoms with Gasteiger partial charge in [-0.05, 0) is 49.4 Å². The molecule has 1 N–H and O–H groups in total. The highest BCUT2D eigenvalue weighted by atomic mass is 16.5. The molecule has 0 spiro atoms. The summed E-state index contributed by atoms with van der Waals surface area (Å²) in [7, 11) is 1.77. The molecule has 18 heavy (non-hydrogen) atoms. The maximum Gasteiger partial charge on any atom is 0.0465 e. The normalized spacial score (nSPS) is 14.5. The molecular formula is C16H27NO. The van der Waals surface area contributed by atoms with E-state index in [0.717, 1.165) is 19.6 Å². The van der Waals surface area contributed by atoms with Crippen molar-refractivity contribution in [3.63, 3.8) is 0 Å². The molecule has 0 aliphatic heterocycles. The molecule has 0 heterocycles. The van der Waals surface area contributed by atoms with Crippen molar-refractivity contribution in [1.29, 1.82) is 0 Å². The van der Waals surface area contributed by atoms with E-state index in [1.807, 2.05) is 0 Å². The minimum atomic E-state index is 0.423. The Bertz CT molecular complexity index is 342. The first kappa shape index (κ1) is 15.2. The van der Waals surface area contributed by atoms with Crippen molar-refractivity contribution in [2.45, 2.75) is 40.2 Å². The van der Waals surface area contributed by atoms with Gasteiger partial charge in [0.2, 0.25) is 0 Å². The molecule has 1 aromatic carbocycles. The monoisotopic (exact) mass is 249 g/mol. The molecule has 0 saturated carbocycles.